The molecule has 1 saturated heterocycles. The standard InChI is InChI=1S/C13H23ClN2O2/c1-10(14)8-15-11-6-5-7-16(9-11)12(17)18-13(2,3)4/h11,15H,1,5-9H2,2-4H3. The Morgan fingerprint density at radius 2 is 2.22 bits per heavy atom. The van der Waals surface area contributed by atoms with Crippen molar-refractivity contribution >= 4 is 17.7 Å². The molecule has 18 heavy (non-hydrogen) atoms. The lowest BCUT2D eigenvalue weighted by Gasteiger charge is -2.34. The Labute approximate surface area is 114 Å². The Bertz CT molecular complexity index is 313. The molecule has 5 heteroatoms. The number of hydrogen-bond acceptors (Lipinski definition) is 3. The summed E-state index contributed by atoms with van der Waals surface area (Å²) >= 11 is 5.72. The van der Waals surface area contributed by atoms with E-state index in [1.807, 2.05) is 20.8 Å². The van der Waals surface area contributed by atoms with Crippen LogP contribution in [0.4, 0.5) is 4.79 Å². The lowest BCUT2D eigenvalue weighted by molar-refractivity contribution is 0.0189. The molecule has 4 nitrogen and oxygen atoms in total. The van der Waals surface area contributed by atoms with Crippen molar-refractivity contribution in [2.24, 2.45) is 0 Å². The van der Waals surface area contributed by atoms with Crippen molar-refractivity contribution in [3.63, 3.8) is 0 Å². The summed E-state index contributed by atoms with van der Waals surface area (Å²) in [5.74, 6) is 0. The van der Waals surface area contributed by atoms with E-state index in [1.165, 1.54) is 0 Å². The van der Waals surface area contributed by atoms with Gasteiger partial charge in [-0.2, -0.15) is 0 Å². The molecule has 104 valence electrons. The molecule has 1 atom stereocenters. The van der Waals surface area contributed by atoms with E-state index >= 15 is 0 Å². The van der Waals surface area contributed by atoms with E-state index in [0.29, 0.717) is 18.1 Å². The summed E-state index contributed by atoms with van der Waals surface area (Å²) < 4.78 is 5.37. The summed E-state index contributed by atoms with van der Waals surface area (Å²) in [5, 5.41) is 3.88. The molecule has 0 aliphatic carbocycles. The van der Waals surface area contributed by atoms with Gasteiger partial charge in [0.05, 0.1) is 0 Å². The number of halogens is 1. The number of hydrogen-bond donors (Lipinski definition) is 1. The van der Waals surface area contributed by atoms with Crippen LogP contribution < -0.4 is 5.32 Å². The molecule has 1 aliphatic heterocycles. The Morgan fingerprint density at radius 1 is 1.56 bits per heavy atom. The third kappa shape index (κ3) is 5.74. The molecule has 0 bridgehead atoms. The summed E-state index contributed by atoms with van der Waals surface area (Å²) in [6.45, 7) is 11.3. The number of carbonyl (C=O) groups is 1. The summed E-state index contributed by atoms with van der Waals surface area (Å²) in [4.78, 5) is 13.7. The van der Waals surface area contributed by atoms with Crippen LogP contribution in [0.2, 0.25) is 0 Å². The van der Waals surface area contributed by atoms with Crippen LogP contribution in [-0.4, -0.2) is 42.3 Å². The number of piperidine rings is 1. The van der Waals surface area contributed by atoms with Crippen LogP contribution in [0.5, 0.6) is 0 Å². The minimum absolute atomic E-state index is 0.237. The molecule has 0 spiro atoms. The highest BCUT2D eigenvalue weighted by molar-refractivity contribution is 6.29. The number of nitrogens with zero attached hydrogens (tertiary/aromatic N) is 1. The zero-order valence-electron chi connectivity index (χ0n) is 11.5. The van der Waals surface area contributed by atoms with Crippen molar-refractivity contribution < 1.29 is 9.53 Å². The maximum Gasteiger partial charge on any atom is 0.410 e. The lowest BCUT2D eigenvalue weighted by atomic mass is 10.1. The first-order valence-corrected chi connectivity index (χ1v) is 6.70. The molecule has 0 aromatic heterocycles. The maximum absolute atomic E-state index is 11.9. The van der Waals surface area contributed by atoms with Gasteiger partial charge in [-0.15, -0.1) is 0 Å². The minimum atomic E-state index is -0.443. The minimum Gasteiger partial charge on any atom is -0.444 e. The second-order valence-corrected chi connectivity index (χ2v) is 6.20. The van der Waals surface area contributed by atoms with Gasteiger partial charge < -0.3 is 15.0 Å². The zero-order valence-corrected chi connectivity index (χ0v) is 12.2. The van der Waals surface area contributed by atoms with Gasteiger partial charge in [0.15, 0.2) is 0 Å². The Hall–Kier alpha value is -0.740. The number of amides is 1. The van der Waals surface area contributed by atoms with Crippen LogP contribution in [0.25, 0.3) is 0 Å². The third-order valence-corrected chi connectivity index (χ3v) is 2.79. The highest BCUT2D eigenvalue weighted by Gasteiger charge is 2.27. The summed E-state index contributed by atoms with van der Waals surface area (Å²) in [5.41, 5.74) is -0.443. The van der Waals surface area contributed by atoms with Crippen molar-refractivity contribution in [1.29, 1.82) is 0 Å². The molecule has 0 aromatic carbocycles. The van der Waals surface area contributed by atoms with E-state index in [-0.39, 0.29) is 12.1 Å². The van der Waals surface area contributed by atoms with E-state index in [9.17, 15) is 4.79 Å². The first kappa shape index (κ1) is 15.3. The number of carbonyl (C=O) groups excluding carboxylic acids is 1. The highest BCUT2D eigenvalue weighted by atomic mass is 35.5. The summed E-state index contributed by atoms with van der Waals surface area (Å²) in [7, 11) is 0. The van der Waals surface area contributed by atoms with Crippen LogP contribution in [0.3, 0.4) is 0 Å². The van der Waals surface area contributed by atoms with Crippen molar-refractivity contribution in [3.05, 3.63) is 11.6 Å². The molecular formula is C13H23ClN2O2. The van der Waals surface area contributed by atoms with Gasteiger partial charge in [0.1, 0.15) is 5.60 Å². The fourth-order valence-electron chi connectivity index (χ4n) is 1.89. The van der Waals surface area contributed by atoms with Gasteiger partial charge in [0.25, 0.3) is 0 Å². The van der Waals surface area contributed by atoms with Gasteiger partial charge in [-0.3, -0.25) is 0 Å². The predicted molar refractivity (Wildman–Crippen MR) is 73.8 cm³/mol. The molecule has 1 amide bonds. The van der Waals surface area contributed by atoms with Gasteiger partial charge in [0, 0.05) is 30.7 Å². The molecule has 1 N–H and O–H groups in total. The summed E-state index contributed by atoms with van der Waals surface area (Å²) in [6.07, 6.45) is 1.79. The average molecular weight is 275 g/mol. The van der Waals surface area contributed by atoms with Crippen molar-refractivity contribution in [3.8, 4) is 0 Å². The molecule has 1 aliphatic rings. The molecule has 1 heterocycles. The molecule has 0 aromatic rings. The third-order valence-electron chi connectivity index (χ3n) is 2.66. The van der Waals surface area contributed by atoms with E-state index in [2.05, 4.69) is 11.9 Å². The number of rotatable bonds is 3. The second-order valence-electron chi connectivity index (χ2n) is 5.66. The topological polar surface area (TPSA) is 41.6 Å². The fraction of sp³-hybridized carbons (Fsp3) is 0.769. The first-order chi connectivity index (χ1) is 8.28. The normalized spacial score (nSPS) is 20.7. The van der Waals surface area contributed by atoms with E-state index in [1.54, 1.807) is 4.90 Å². The monoisotopic (exact) mass is 274 g/mol. The van der Waals surface area contributed by atoms with Crippen LogP contribution >= 0.6 is 11.6 Å². The zero-order chi connectivity index (χ0) is 13.8. The van der Waals surface area contributed by atoms with E-state index in [4.69, 9.17) is 16.3 Å². The first-order valence-electron chi connectivity index (χ1n) is 6.32. The average Bonchev–Trinajstić information content (AvgIpc) is 2.24. The Balaban J connectivity index is 2.43. The predicted octanol–water partition coefficient (Wildman–Crippen LogP) is 2.73. The van der Waals surface area contributed by atoms with E-state index < -0.39 is 5.60 Å². The smallest absolute Gasteiger partial charge is 0.410 e. The lowest BCUT2D eigenvalue weighted by Crippen LogP contribution is -2.49. The number of nitrogens with one attached hydrogen (secondary N) is 1. The highest BCUT2D eigenvalue weighted by Crippen LogP contribution is 2.15. The van der Waals surface area contributed by atoms with Gasteiger partial charge in [-0.25, -0.2) is 4.79 Å². The van der Waals surface area contributed by atoms with E-state index in [0.717, 1.165) is 19.4 Å². The largest absolute Gasteiger partial charge is 0.444 e. The van der Waals surface area contributed by atoms with Crippen LogP contribution in [0, 0.1) is 0 Å². The van der Waals surface area contributed by atoms with Crippen LogP contribution in [0.15, 0.2) is 11.6 Å². The second kappa shape index (κ2) is 6.43. The molecule has 1 unspecified atom stereocenters. The number of likely N-dealkylation sites (tertiary alicyclic amines) is 1. The van der Waals surface area contributed by atoms with Crippen molar-refractivity contribution in [2.75, 3.05) is 19.6 Å². The van der Waals surface area contributed by atoms with Crippen molar-refractivity contribution in [2.45, 2.75) is 45.3 Å². The SMILES string of the molecule is C=C(Cl)CNC1CCCN(C(=O)OC(C)(C)C)C1. The van der Waals surface area contributed by atoms with Gasteiger partial charge in [-0.1, -0.05) is 18.2 Å². The van der Waals surface area contributed by atoms with Crippen LogP contribution in [-0.2, 0) is 4.74 Å². The van der Waals surface area contributed by atoms with Gasteiger partial charge in [-0.05, 0) is 33.6 Å². The quantitative estimate of drug-likeness (QED) is 0.860. The molecule has 0 radical (unpaired) electrons. The van der Waals surface area contributed by atoms with Gasteiger partial charge >= 0.3 is 6.09 Å². The Morgan fingerprint density at radius 3 is 2.78 bits per heavy atom. The Kier molecular flexibility index (Phi) is 5.47. The molecule has 1 fully saturated rings. The maximum atomic E-state index is 11.9. The van der Waals surface area contributed by atoms with Gasteiger partial charge in [0.2, 0.25) is 0 Å². The molecule has 0 saturated carbocycles. The van der Waals surface area contributed by atoms with Crippen molar-refractivity contribution in [1.82, 2.24) is 10.2 Å². The summed E-state index contributed by atoms with van der Waals surface area (Å²) in [6, 6.07) is 0.266. The fourth-order valence-corrected chi connectivity index (χ4v) is 1.97. The molecule has 1 rings (SSSR count). The number of ether oxygens (including phenoxy) is 1. The molecular weight excluding hydrogens is 252 g/mol. The van der Waals surface area contributed by atoms with Crippen LogP contribution in [0.1, 0.15) is 33.6 Å².